The van der Waals surface area contributed by atoms with Gasteiger partial charge in [0.25, 0.3) is 0 Å². The summed E-state index contributed by atoms with van der Waals surface area (Å²) >= 11 is 0. The molecule has 110 valence electrons. The Balaban J connectivity index is 1.99. The van der Waals surface area contributed by atoms with Crippen molar-refractivity contribution >= 4 is 11.7 Å². The Hall–Kier alpha value is -1.66. The average molecular weight is 279 g/mol. The zero-order valence-corrected chi connectivity index (χ0v) is 12.0. The average Bonchev–Trinajstić information content (AvgIpc) is 2.38. The second-order valence-electron chi connectivity index (χ2n) is 4.96. The van der Waals surface area contributed by atoms with E-state index in [1.165, 1.54) is 0 Å². The smallest absolute Gasteiger partial charge is 0.339 e. The standard InChI is InChI=1S/C14H21N3O3/c1-10-9-12(13(14(18)19)11(2)16-10)15-3-4-17-5-7-20-8-6-17/h9H,3-8H2,1-2H3,(H,15,16)(H,18,19). The second-order valence-corrected chi connectivity index (χ2v) is 4.96. The van der Waals surface area contributed by atoms with Crippen LogP contribution >= 0.6 is 0 Å². The minimum atomic E-state index is -0.941. The molecule has 1 saturated heterocycles. The van der Waals surface area contributed by atoms with E-state index in [4.69, 9.17) is 4.74 Å². The third-order valence-corrected chi connectivity index (χ3v) is 3.39. The number of nitrogens with zero attached hydrogens (tertiary/aromatic N) is 2. The van der Waals surface area contributed by atoms with Gasteiger partial charge >= 0.3 is 5.97 Å². The quantitative estimate of drug-likeness (QED) is 0.842. The first-order valence-electron chi connectivity index (χ1n) is 6.83. The molecule has 6 nitrogen and oxygen atoms in total. The highest BCUT2D eigenvalue weighted by Gasteiger charge is 2.16. The van der Waals surface area contributed by atoms with Gasteiger partial charge in [0.2, 0.25) is 0 Å². The Bertz CT molecular complexity index is 485. The van der Waals surface area contributed by atoms with Crippen LogP contribution in [0.5, 0.6) is 0 Å². The van der Waals surface area contributed by atoms with Gasteiger partial charge in [-0.2, -0.15) is 0 Å². The third-order valence-electron chi connectivity index (χ3n) is 3.39. The van der Waals surface area contributed by atoms with Gasteiger partial charge in [-0.05, 0) is 19.9 Å². The van der Waals surface area contributed by atoms with Crippen LogP contribution in [0.2, 0.25) is 0 Å². The second kappa shape index (κ2) is 6.67. The molecule has 0 amide bonds. The summed E-state index contributed by atoms with van der Waals surface area (Å²) in [7, 11) is 0. The molecule has 0 atom stereocenters. The van der Waals surface area contributed by atoms with Crippen LogP contribution in [0.4, 0.5) is 5.69 Å². The maximum Gasteiger partial charge on any atom is 0.339 e. The summed E-state index contributed by atoms with van der Waals surface area (Å²) in [5.74, 6) is -0.941. The van der Waals surface area contributed by atoms with Crippen molar-refractivity contribution in [3.05, 3.63) is 23.0 Å². The summed E-state index contributed by atoms with van der Waals surface area (Å²) in [4.78, 5) is 17.8. The SMILES string of the molecule is Cc1cc(NCCN2CCOCC2)c(C(=O)O)c(C)n1. The minimum Gasteiger partial charge on any atom is -0.478 e. The molecule has 1 aliphatic rings. The molecule has 0 aromatic carbocycles. The molecule has 6 heteroatoms. The lowest BCUT2D eigenvalue weighted by molar-refractivity contribution is 0.0398. The van der Waals surface area contributed by atoms with E-state index in [0.717, 1.165) is 38.5 Å². The number of rotatable bonds is 5. The van der Waals surface area contributed by atoms with Gasteiger partial charge in [0.1, 0.15) is 5.56 Å². The van der Waals surface area contributed by atoms with Crippen molar-refractivity contribution in [3.8, 4) is 0 Å². The van der Waals surface area contributed by atoms with E-state index in [1.807, 2.05) is 6.92 Å². The van der Waals surface area contributed by atoms with Gasteiger partial charge < -0.3 is 15.2 Å². The number of hydrogen-bond acceptors (Lipinski definition) is 5. The molecule has 0 radical (unpaired) electrons. The molecule has 1 fully saturated rings. The minimum absolute atomic E-state index is 0.262. The molecule has 1 aromatic rings. The lowest BCUT2D eigenvalue weighted by Crippen LogP contribution is -2.39. The highest BCUT2D eigenvalue weighted by atomic mass is 16.5. The number of morpholine rings is 1. The molecule has 1 aromatic heterocycles. The summed E-state index contributed by atoms with van der Waals surface area (Å²) in [6, 6.07) is 1.79. The van der Waals surface area contributed by atoms with Gasteiger partial charge in [-0.15, -0.1) is 0 Å². The molecular formula is C14H21N3O3. The van der Waals surface area contributed by atoms with E-state index in [2.05, 4.69) is 15.2 Å². The van der Waals surface area contributed by atoms with Gasteiger partial charge in [-0.25, -0.2) is 4.79 Å². The normalized spacial score (nSPS) is 16.1. The first kappa shape index (κ1) is 14.7. The van der Waals surface area contributed by atoms with Gasteiger partial charge in [0.05, 0.1) is 24.6 Å². The molecule has 2 rings (SSSR count). The van der Waals surface area contributed by atoms with Crippen molar-refractivity contribution in [2.24, 2.45) is 0 Å². The Labute approximate surface area is 118 Å². The van der Waals surface area contributed by atoms with Crippen molar-refractivity contribution in [1.82, 2.24) is 9.88 Å². The summed E-state index contributed by atoms with van der Waals surface area (Å²) in [5.41, 5.74) is 2.28. The number of aromatic nitrogens is 1. The summed E-state index contributed by atoms with van der Waals surface area (Å²) in [6.45, 7) is 8.59. The number of pyridine rings is 1. The van der Waals surface area contributed by atoms with Crippen molar-refractivity contribution in [2.75, 3.05) is 44.7 Å². The number of hydrogen-bond donors (Lipinski definition) is 2. The molecule has 0 spiro atoms. The molecular weight excluding hydrogens is 258 g/mol. The lowest BCUT2D eigenvalue weighted by Gasteiger charge is -2.26. The first-order valence-corrected chi connectivity index (χ1v) is 6.83. The summed E-state index contributed by atoms with van der Waals surface area (Å²) in [5, 5.41) is 12.5. The topological polar surface area (TPSA) is 74.7 Å². The van der Waals surface area contributed by atoms with Crippen LogP contribution in [0, 0.1) is 13.8 Å². The van der Waals surface area contributed by atoms with Crippen molar-refractivity contribution < 1.29 is 14.6 Å². The van der Waals surface area contributed by atoms with E-state index < -0.39 is 5.97 Å². The molecule has 0 aliphatic carbocycles. The molecule has 2 N–H and O–H groups in total. The largest absolute Gasteiger partial charge is 0.478 e. The summed E-state index contributed by atoms with van der Waals surface area (Å²) < 4.78 is 5.30. The Kier molecular flexibility index (Phi) is 4.92. The van der Waals surface area contributed by atoms with Gasteiger partial charge in [-0.3, -0.25) is 9.88 Å². The number of nitrogens with one attached hydrogen (secondary N) is 1. The van der Waals surface area contributed by atoms with Gasteiger partial charge in [-0.1, -0.05) is 0 Å². The van der Waals surface area contributed by atoms with Gasteiger partial charge in [0.15, 0.2) is 0 Å². The van der Waals surface area contributed by atoms with Crippen LogP contribution in [0.25, 0.3) is 0 Å². The number of carboxylic acid groups (broad SMARTS) is 1. The number of carbonyl (C=O) groups is 1. The molecule has 0 bridgehead atoms. The Morgan fingerprint density at radius 2 is 2.15 bits per heavy atom. The molecule has 2 heterocycles. The fraction of sp³-hybridized carbons (Fsp3) is 0.571. The fourth-order valence-corrected chi connectivity index (χ4v) is 2.41. The maximum atomic E-state index is 11.3. The number of aromatic carboxylic acids is 1. The molecule has 0 saturated carbocycles. The maximum absolute atomic E-state index is 11.3. The van der Waals surface area contributed by atoms with E-state index in [0.29, 0.717) is 17.9 Å². The van der Waals surface area contributed by atoms with Crippen LogP contribution in [-0.4, -0.2) is 60.4 Å². The van der Waals surface area contributed by atoms with Crippen molar-refractivity contribution in [1.29, 1.82) is 0 Å². The lowest BCUT2D eigenvalue weighted by atomic mass is 10.1. The highest BCUT2D eigenvalue weighted by Crippen LogP contribution is 2.19. The first-order chi connectivity index (χ1) is 9.58. The van der Waals surface area contributed by atoms with Crippen LogP contribution in [-0.2, 0) is 4.74 Å². The van der Waals surface area contributed by atoms with Crippen LogP contribution < -0.4 is 5.32 Å². The zero-order valence-electron chi connectivity index (χ0n) is 12.0. The van der Waals surface area contributed by atoms with E-state index >= 15 is 0 Å². The van der Waals surface area contributed by atoms with E-state index in [9.17, 15) is 9.90 Å². The molecule has 1 aliphatic heterocycles. The van der Waals surface area contributed by atoms with Crippen LogP contribution in [0.15, 0.2) is 6.07 Å². The van der Waals surface area contributed by atoms with Crippen molar-refractivity contribution in [3.63, 3.8) is 0 Å². The predicted octanol–water partition coefficient (Wildman–Crippen LogP) is 1.14. The molecule has 0 unspecified atom stereocenters. The number of aryl methyl sites for hydroxylation is 2. The fourth-order valence-electron chi connectivity index (χ4n) is 2.41. The summed E-state index contributed by atoms with van der Waals surface area (Å²) in [6.07, 6.45) is 0. The zero-order chi connectivity index (χ0) is 14.5. The van der Waals surface area contributed by atoms with Crippen molar-refractivity contribution in [2.45, 2.75) is 13.8 Å². The third kappa shape index (κ3) is 3.68. The number of ether oxygens (including phenoxy) is 1. The van der Waals surface area contributed by atoms with Gasteiger partial charge in [0, 0.05) is 31.9 Å². The highest BCUT2D eigenvalue weighted by molar-refractivity contribution is 5.95. The van der Waals surface area contributed by atoms with E-state index in [-0.39, 0.29) is 5.56 Å². The number of anilines is 1. The number of carboxylic acids is 1. The monoisotopic (exact) mass is 279 g/mol. The Morgan fingerprint density at radius 1 is 1.45 bits per heavy atom. The van der Waals surface area contributed by atoms with Crippen LogP contribution in [0.3, 0.4) is 0 Å². The van der Waals surface area contributed by atoms with Crippen LogP contribution in [0.1, 0.15) is 21.7 Å². The Morgan fingerprint density at radius 3 is 2.80 bits per heavy atom. The predicted molar refractivity (Wildman–Crippen MR) is 76.4 cm³/mol. The molecule has 20 heavy (non-hydrogen) atoms. The van der Waals surface area contributed by atoms with E-state index in [1.54, 1.807) is 13.0 Å².